The summed E-state index contributed by atoms with van der Waals surface area (Å²) < 4.78 is 45.7. The summed E-state index contributed by atoms with van der Waals surface area (Å²) in [6.07, 6.45) is 0. The molecule has 2 aromatic rings. The summed E-state index contributed by atoms with van der Waals surface area (Å²) in [6, 6.07) is 3.22. The van der Waals surface area contributed by atoms with Crippen molar-refractivity contribution in [3.63, 3.8) is 0 Å². The Morgan fingerprint density at radius 3 is 2.52 bits per heavy atom. The van der Waals surface area contributed by atoms with Crippen LogP contribution in [-0.4, -0.2) is 18.1 Å². The fourth-order valence-corrected chi connectivity index (χ4v) is 1.83. The van der Waals surface area contributed by atoms with Crippen LogP contribution in [0, 0.1) is 24.4 Å². The van der Waals surface area contributed by atoms with E-state index in [0.717, 1.165) is 19.2 Å². The van der Waals surface area contributed by atoms with E-state index in [1.165, 1.54) is 13.0 Å². The summed E-state index contributed by atoms with van der Waals surface area (Å²) >= 11 is 0. The molecule has 0 aliphatic carbocycles. The number of hydrogen-bond donors (Lipinski definition) is 1. The Labute approximate surface area is 118 Å². The fourth-order valence-electron chi connectivity index (χ4n) is 1.83. The summed E-state index contributed by atoms with van der Waals surface area (Å²) in [5.74, 6) is -4.31. The number of nitrogen functional groups attached to an aromatic ring is 1. The highest BCUT2D eigenvalue weighted by Gasteiger charge is 2.23. The number of nitrogens with two attached hydrogens (primary N) is 1. The van der Waals surface area contributed by atoms with Crippen molar-refractivity contribution >= 4 is 11.7 Å². The molecule has 0 amide bonds. The second-order valence-corrected chi connectivity index (χ2v) is 4.25. The minimum absolute atomic E-state index is 0.0694. The summed E-state index contributed by atoms with van der Waals surface area (Å²) in [4.78, 5) is 15.3. The van der Waals surface area contributed by atoms with Crippen LogP contribution in [0.5, 0.6) is 0 Å². The molecule has 0 atom stereocenters. The lowest BCUT2D eigenvalue weighted by atomic mass is 10.1. The monoisotopic (exact) mass is 296 g/mol. The highest BCUT2D eigenvalue weighted by molar-refractivity contribution is 5.91. The van der Waals surface area contributed by atoms with Crippen LogP contribution in [0.25, 0.3) is 11.3 Å². The standard InChI is InChI=1S/C14H11F3N2O2/c1-6-11(18)10(17)13(19-12(6)14(20)21-2)7-4-3-5-8(15)9(7)16/h3-5H,1-2H3,(H2,18,19). The zero-order valence-electron chi connectivity index (χ0n) is 11.2. The molecule has 7 heteroatoms. The van der Waals surface area contributed by atoms with Crippen LogP contribution in [-0.2, 0) is 4.74 Å². The Balaban J connectivity index is 2.78. The molecule has 1 heterocycles. The third-order valence-corrected chi connectivity index (χ3v) is 3.01. The molecule has 0 saturated heterocycles. The Morgan fingerprint density at radius 2 is 1.90 bits per heavy atom. The number of carbonyl (C=O) groups excluding carboxylic acids is 1. The van der Waals surface area contributed by atoms with Gasteiger partial charge in [-0.05, 0) is 19.1 Å². The number of anilines is 1. The molecule has 21 heavy (non-hydrogen) atoms. The van der Waals surface area contributed by atoms with Crippen molar-refractivity contribution in [2.24, 2.45) is 0 Å². The van der Waals surface area contributed by atoms with Crippen molar-refractivity contribution < 1.29 is 22.7 Å². The van der Waals surface area contributed by atoms with E-state index in [0.29, 0.717) is 0 Å². The Hall–Kier alpha value is -2.57. The van der Waals surface area contributed by atoms with Gasteiger partial charge in [0.15, 0.2) is 23.1 Å². The summed E-state index contributed by atoms with van der Waals surface area (Å²) in [7, 11) is 1.12. The maximum absolute atomic E-state index is 14.2. The number of nitrogens with zero attached hydrogens (tertiary/aromatic N) is 1. The van der Waals surface area contributed by atoms with E-state index in [-0.39, 0.29) is 16.9 Å². The molecular weight excluding hydrogens is 285 g/mol. The molecule has 1 aromatic heterocycles. The SMILES string of the molecule is COC(=O)c1nc(-c2cccc(F)c2F)c(F)c(N)c1C. The largest absolute Gasteiger partial charge is 0.464 e. The smallest absolute Gasteiger partial charge is 0.357 e. The van der Waals surface area contributed by atoms with Crippen LogP contribution in [0.15, 0.2) is 18.2 Å². The number of halogens is 3. The molecule has 0 saturated carbocycles. The third kappa shape index (κ3) is 2.42. The normalized spacial score (nSPS) is 10.5. The molecule has 0 unspecified atom stereocenters. The van der Waals surface area contributed by atoms with E-state index in [2.05, 4.69) is 9.72 Å². The number of benzene rings is 1. The van der Waals surface area contributed by atoms with Gasteiger partial charge >= 0.3 is 5.97 Å². The summed E-state index contributed by atoms with van der Waals surface area (Å²) in [5, 5.41) is 0. The maximum Gasteiger partial charge on any atom is 0.357 e. The Kier molecular flexibility index (Phi) is 3.84. The van der Waals surface area contributed by atoms with Crippen molar-refractivity contribution in [1.82, 2.24) is 4.98 Å². The van der Waals surface area contributed by atoms with Crippen LogP contribution >= 0.6 is 0 Å². The van der Waals surface area contributed by atoms with E-state index in [1.807, 2.05) is 0 Å². The van der Waals surface area contributed by atoms with Gasteiger partial charge in [-0.25, -0.2) is 22.9 Å². The van der Waals surface area contributed by atoms with Crippen molar-refractivity contribution in [3.05, 3.63) is 46.9 Å². The minimum atomic E-state index is -1.28. The molecule has 0 aliphatic heterocycles. The maximum atomic E-state index is 14.2. The van der Waals surface area contributed by atoms with Gasteiger partial charge in [-0.3, -0.25) is 0 Å². The lowest BCUT2D eigenvalue weighted by Crippen LogP contribution is -2.12. The number of ether oxygens (including phenoxy) is 1. The molecule has 0 radical (unpaired) electrons. The molecule has 0 bridgehead atoms. The van der Waals surface area contributed by atoms with Gasteiger partial charge < -0.3 is 10.5 Å². The number of pyridine rings is 1. The first-order valence-corrected chi connectivity index (χ1v) is 5.86. The van der Waals surface area contributed by atoms with Crippen LogP contribution in [0.1, 0.15) is 16.1 Å². The number of methoxy groups -OCH3 is 1. The van der Waals surface area contributed by atoms with Crippen molar-refractivity contribution in [2.45, 2.75) is 6.92 Å². The zero-order valence-corrected chi connectivity index (χ0v) is 11.2. The first kappa shape index (κ1) is 14.8. The second kappa shape index (κ2) is 5.43. The lowest BCUT2D eigenvalue weighted by molar-refractivity contribution is 0.0593. The number of rotatable bonds is 2. The molecule has 0 aliphatic rings. The molecule has 2 rings (SSSR count). The number of carbonyl (C=O) groups is 1. The van der Waals surface area contributed by atoms with Crippen molar-refractivity contribution in [1.29, 1.82) is 0 Å². The van der Waals surface area contributed by atoms with Gasteiger partial charge in [-0.15, -0.1) is 0 Å². The van der Waals surface area contributed by atoms with Gasteiger partial charge in [-0.2, -0.15) is 0 Å². The first-order chi connectivity index (χ1) is 9.88. The van der Waals surface area contributed by atoms with Crippen molar-refractivity contribution in [3.8, 4) is 11.3 Å². The van der Waals surface area contributed by atoms with Gasteiger partial charge in [0.05, 0.1) is 12.8 Å². The third-order valence-electron chi connectivity index (χ3n) is 3.01. The summed E-state index contributed by atoms with van der Waals surface area (Å²) in [5.41, 5.74) is 4.03. The molecule has 110 valence electrons. The quantitative estimate of drug-likeness (QED) is 0.865. The van der Waals surface area contributed by atoms with E-state index < -0.39 is 34.7 Å². The summed E-state index contributed by atoms with van der Waals surface area (Å²) in [6.45, 7) is 1.38. The number of esters is 1. The van der Waals surface area contributed by atoms with Crippen LogP contribution in [0.4, 0.5) is 18.9 Å². The van der Waals surface area contributed by atoms with Crippen LogP contribution < -0.4 is 5.73 Å². The van der Waals surface area contributed by atoms with Gasteiger partial charge in [0.1, 0.15) is 5.69 Å². The topological polar surface area (TPSA) is 65.2 Å². The molecule has 2 N–H and O–H groups in total. The molecular formula is C14H11F3N2O2. The predicted molar refractivity (Wildman–Crippen MR) is 70.0 cm³/mol. The van der Waals surface area contributed by atoms with E-state index >= 15 is 0 Å². The van der Waals surface area contributed by atoms with Crippen LogP contribution in [0.3, 0.4) is 0 Å². The van der Waals surface area contributed by atoms with Gasteiger partial charge in [0, 0.05) is 11.1 Å². The van der Waals surface area contributed by atoms with E-state index in [1.54, 1.807) is 0 Å². The zero-order chi connectivity index (χ0) is 15.7. The molecule has 0 fully saturated rings. The van der Waals surface area contributed by atoms with E-state index in [9.17, 15) is 18.0 Å². The predicted octanol–water partition coefficient (Wildman–Crippen LogP) is 2.84. The first-order valence-electron chi connectivity index (χ1n) is 5.86. The van der Waals surface area contributed by atoms with E-state index in [4.69, 9.17) is 5.73 Å². The van der Waals surface area contributed by atoms with Crippen molar-refractivity contribution in [2.75, 3.05) is 12.8 Å². The molecule has 0 spiro atoms. The highest BCUT2D eigenvalue weighted by Crippen LogP contribution is 2.31. The average molecular weight is 296 g/mol. The Morgan fingerprint density at radius 1 is 1.24 bits per heavy atom. The number of hydrogen-bond acceptors (Lipinski definition) is 4. The fraction of sp³-hybridized carbons (Fsp3) is 0.143. The minimum Gasteiger partial charge on any atom is -0.464 e. The lowest BCUT2D eigenvalue weighted by Gasteiger charge is -2.12. The van der Waals surface area contributed by atoms with Gasteiger partial charge in [-0.1, -0.05) is 6.07 Å². The van der Waals surface area contributed by atoms with Gasteiger partial charge in [0.25, 0.3) is 0 Å². The van der Waals surface area contributed by atoms with Crippen LogP contribution in [0.2, 0.25) is 0 Å². The average Bonchev–Trinajstić information content (AvgIpc) is 2.48. The second-order valence-electron chi connectivity index (χ2n) is 4.25. The molecule has 4 nitrogen and oxygen atoms in total. The molecule has 1 aromatic carbocycles. The van der Waals surface area contributed by atoms with Gasteiger partial charge in [0.2, 0.25) is 0 Å². The highest BCUT2D eigenvalue weighted by atomic mass is 19.2. The Bertz CT molecular complexity index is 733. The number of aromatic nitrogens is 1.